The summed E-state index contributed by atoms with van der Waals surface area (Å²) in [5.74, 6) is 0.669. The van der Waals surface area contributed by atoms with Crippen LogP contribution in [0.5, 0.6) is 5.75 Å². The van der Waals surface area contributed by atoms with E-state index in [1.807, 2.05) is 25.1 Å². The summed E-state index contributed by atoms with van der Waals surface area (Å²) in [5.41, 5.74) is -2.36. The zero-order chi connectivity index (χ0) is 25.1. The summed E-state index contributed by atoms with van der Waals surface area (Å²) < 4.78 is 29.7. The number of nitrogens with zero attached hydrogens (tertiary/aromatic N) is 2. The summed E-state index contributed by atoms with van der Waals surface area (Å²) in [6, 6.07) is 5.53. The number of ether oxygens (including phenoxy) is 5. The largest absolute Gasteiger partial charge is 0.489 e. The molecule has 3 heterocycles. The van der Waals surface area contributed by atoms with Crippen LogP contribution in [0, 0.1) is 5.41 Å². The molecule has 0 aliphatic carbocycles. The van der Waals surface area contributed by atoms with Crippen molar-refractivity contribution in [2.45, 2.75) is 71.3 Å². The van der Waals surface area contributed by atoms with Crippen LogP contribution in [0.2, 0.25) is 0 Å². The fraction of sp³-hybridized carbons (Fsp3) is 0.625. The molecule has 1 aromatic rings. The average molecular weight is 539 g/mol. The predicted molar refractivity (Wildman–Crippen MR) is 127 cm³/mol. The molecule has 34 heavy (non-hydrogen) atoms. The van der Waals surface area contributed by atoms with Crippen molar-refractivity contribution in [1.29, 1.82) is 0 Å². The summed E-state index contributed by atoms with van der Waals surface area (Å²) in [6.45, 7) is 13.2. The Hall–Kier alpha value is -2.33. The smallest absolute Gasteiger partial charge is 0.428 e. The number of carbonyl (C=O) groups excluding carboxylic acids is 2. The van der Waals surface area contributed by atoms with E-state index in [4.69, 9.17) is 28.7 Å². The monoisotopic (exact) mass is 538 g/mol. The van der Waals surface area contributed by atoms with E-state index in [2.05, 4.69) is 15.9 Å². The molecule has 9 nitrogen and oxygen atoms in total. The number of aliphatic imine (C=N–C) groups is 1. The van der Waals surface area contributed by atoms with Crippen LogP contribution in [0.4, 0.5) is 9.59 Å². The molecule has 0 N–H and O–H groups in total. The van der Waals surface area contributed by atoms with Crippen molar-refractivity contribution in [1.82, 2.24) is 4.90 Å². The Labute approximate surface area is 207 Å². The molecule has 2 spiro atoms. The number of hydrogen-bond acceptors (Lipinski definition) is 8. The Morgan fingerprint density at radius 2 is 1.65 bits per heavy atom. The predicted octanol–water partition coefficient (Wildman–Crippen LogP) is 5.00. The van der Waals surface area contributed by atoms with Gasteiger partial charge in [-0.1, -0.05) is 15.9 Å². The zero-order valence-corrected chi connectivity index (χ0v) is 22.1. The van der Waals surface area contributed by atoms with Crippen LogP contribution in [0.15, 0.2) is 27.7 Å². The molecule has 2 atom stereocenters. The van der Waals surface area contributed by atoms with E-state index in [9.17, 15) is 9.59 Å². The van der Waals surface area contributed by atoms with Crippen LogP contribution in [0.1, 0.15) is 54.0 Å². The maximum Gasteiger partial charge on any atom is 0.428 e. The van der Waals surface area contributed by atoms with Gasteiger partial charge in [-0.05, 0) is 66.7 Å². The Morgan fingerprint density at radius 1 is 1.06 bits per heavy atom. The number of amides is 2. The maximum atomic E-state index is 13.1. The van der Waals surface area contributed by atoms with Gasteiger partial charge in [0.15, 0.2) is 0 Å². The van der Waals surface area contributed by atoms with Crippen molar-refractivity contribution in [3.63, 3.8) is 0 Å². The number of hydrogen-bond donors (Lipinski definition) is 0. The van der Waals surface area contributed by atoms with Gasteiger partial charge < -0.3 is 23.7 Å². The number of benzene rings is 1. The number of fused-ring (bicyclic) bond motifs is 3. The van der Waals surface area contributed by atoms with Crippen LogP contribution in [0.3, 0.4) is 0 Å². The molecule has 3 aliphatic heterocycles. The van der Waals surface area contributed by atoms with Gasteiger partial charge in [0.05, 0.1) is 18.6 Å². The van der Waals surface area contributed by atoms with E-state index in [0.29, 0.717) is 19.0 Å². The first-order valence-electron chi connectivity index (χ1n) is 11.2. The third-order valence-electron chi connectivity index (χ3n) is 6.05. The standard InChI is InChI=1S/C24H31BrN2O7/c1-14-23(11-30-12-23)24(16-10-15(25)8-9-17(16)32-14)13-31-18(26-24)27(19(28)33-21(2,3)4)20(29)34-22(5,6)7/h8-10,14H,11-13H2,1-7H3. The molecule has 0 radical (unpaired) electrons. The molecule has 0 aromatic heterocycles. The first kappa shape index (κ1) is 24.8. The minimum absolute atomic E-state index is 0.102. The Kier molecular flexibility index (Phi) is 5.92. The second-order valence-corrected chi connectivity index (χ2v) is 11.8. The quantitative estimate of drug-likeness (QED) is 0.458. The Balaban J connectivity index is 1.83. The molecule has 1 fully saturated rings. The molecule has 0 saturated carbocycles. The van der Waals surface area contributed by atoms with E-state index in [-0.39, 0.29) is 18.7 Å². The van der Waals surface area contributed by atoms with Crippen molar-refractivity contribution < 1.29 is 33.3 Å². The molecule has 1 saturated heterocycles. The lowest BCUT2D eigenvalue weighted by Crippen LogP contribution is -2.66. The maximum absolute atomic E-state index is 13.1. The summed E-state index contributed by atoms with van der Waals surface area (Å²) in [7, 11) is 0. The molecule has 186 valence electrons. The summed E-state index contributed by atoms with van der Waals surface area (Å²) in [4.78, 5) is 31.9. The van der Waals surface area contributed by atoms with E-state index in [1.54, 1.807) is 41.5 Å². The Bertz CT molecular complexity index is 1010. The van der Waals surface area contributed by atoms with Crippen molar-refractivity contribution in [2.75, 3.05) is 19.8 Å². The van der Waals surface area contributed by atoms with Crippen LogP contribution < -0.4 is 4.74 Å². The minimum atomic E-state index is -0.931. The normalized spacial score (nSPS) is 24.9. The van der Waals surface area contributed by atoms with Gasteiger partial charge in [0.25, 0.3) is 0 Å². The zero-order valence-electron chi connectivity index (χ0n) is 20.6. The first-order chi connectivity index (χ1) is 15.7. The molecule has 2 amide bonds. The number of carbonyl (C=O) groups is 2. The number of imide groups is 1. The lowest BCUT2D eigenvalue weighted by atomic mass is 9.60. The molecule has 10 heteroatoms. The highest BCUT2D eigenvalue weighted by atomic mass is 79.9. The molecule has 1 aromatic carbocycles. The second kappa shape index (κ2) is 8.12. The second-order valence-electron chi connectivity index (χ2n) is 10.9. The lowest BCUT2D eigenvalue weighted by molar-refractivity contribution is -0.211. The van der Waals surface area contributed by atoms with Crippen LogP contribution in [-0.4, -0.2) is 60.2 Å². The molecule has 4 rings (SSSR count). The molecular weight excluding hydrogens is 508 g/mol. The van der Waals surface area contributed by atoms with Crippen molar-refractivity contribution >= 4 is 34.1 Å². The van der Waals surface area contributed by atoms with Gasteiger partial charge >= 0.3 is 18.2 Å². The molecular formula is C24H31BrN2O7. The SMILES string of the molecule is CC1Oc2ccc(Br)cc2C2(COC(N(C(=O)OC(C)(C)C)C(=O)OC(C)(C)C)=N2)C12COC2. The topological polar surface area (TPSA) is 95.9 Å². The third kappa shape index (κ3) is 4.15. The van der Waals surface area contributed by atoms with Crippen molar-refractivity contribution in [3.05, 3.63) is 28.2 Å². The molecule has 0 bridgehead atoms. The summed E-state index contributed by atoms with van der Waals surface area (Å²) >= 11 is 3.54. The molecule has 3 aliphatic rings. The van der Waals surface area contributed by atoms with Gasteiger partial charge in [-0.25, -0.2) is 14.6 Å². The van der Waals surface area contributed by atoms with Crippen LogP contribution >= 0.6 is 15.9 Å². The van der Waals surface area contributed by atoms with Crippen LogP contribution in [0.25, 0.3) is 0 Å². The number of amidine groups is 1. The van der Waals surface area contributed by atoms with Crippen molar-refractivity contribution in [2.24, 2.45) is 10.4 Å². The van der Waals surface area contributed by atoms with Gasteiger partial charge in [0.1, 0.15) is 35.2 Å². The van der Waals surface area contributed by atoms with Crippen LogP contribution in [-0.2, 0) is 24.5 Å². The first-order valence-corrected chi connectivity index (χ1v) is 12.0. The van der Waals surface area contributed by atoms with E-state index < -0.39 is 34.3 Å². The summed E-state index contributed by atoms with van der Waals surface area (Å²) in [5, 5.41) is 0. The molecule has 2 unspecified atom stereocenters. The number of halogens is 1. The fourth-order valence-corrected chi connectivity index (χ4v) is 4.74. The number of rotatable bonds is 0. The minimum Gasteiger partial charge on any atom is -0.489 e. The Morgan fingerprint density at radius 3 is 2.15 bits per heavy atom. The van der Waals surface area contributed by atoms with Gasteiger partial charge in [-0.2, -0.15) is 0 Å². The lowest BCUT2D eigenvalue weighted by Gasteiger charge is -2.56. The van der Waals surface area contributed by atoms with E-state index in [0.717, 1.165) is 14.9 Å². The van der Waals surface area contributed by atoms with Gasteiger partial charge in [-0.15, -0.1) is 4.90 Å². The average Bonchev–Trinajstić information content (AvgIpc) is 3.04. The highest BCUT2D eigenvalue weighted by molar-refractivity contribution is 9.10. The van der Waals surface area contributed by atoms with Gasteiger partial charge in [0, 0.05) is 10.0 Å². The van der Waals surface area contributed by atoms with Gasteiger partial charge in [-0.3, -0.25) is 0 Å². The summed E-state index contributed by atoms with van der Waals surface area (Å²) in [6.07, 6.45) is -2.09. The third-order valence-corrected chi connectivity index (χ3v) is 6.55. The highest BCUT2D eigenvalue weighted by Crippen LogP contribution is 2.59. The van der Waals surface area contributed by atoms with Gasteiger partial charge in [0.2, 0.25) is 0 Å². The van der Waals surface area contributed by atoms with E-state index >= 15 is 0 Å². The van der Waals surface area contributed by atoms with E-state index in [1.165, 1.54) is 0 Å². The highest BCUT2D eigenvalue weighted by Gasteiger charge is 2.67. The van der Waals surface area contributed by atoms with Crippen molar-refractivity contribution in [3.8, 4) is 5.75 Å². The fourth-order valence-electron chi connectivity index (χ4n) is 4.38.